The number of halogens is 2. The molecule has 128 valence electrons. The Morgan fingerprint density at radius 2 is 1.96 bits per heavy atom. The first-order valence-electron chi connectivity index (χ1n) is 7.27. The van der Waals surface area contributed by atoms with Crippen LogP contribution in [0.3, 0.4) is 0 Å². The summed E-state index contributed by atoms with van der Waals surface area (Å²) in [6, 6.07) is 9.83. The summed E-state index contributed by atoms with van der Waals surface area (Å²) in [7, 11) is 0. The molecule has 23 heavy (non-hydrogen) atoms. The molecule has 2 rings (SSSR count). The van der Waals surface area contributed by atoms with Crippen LogP contribution in [0.1, 0.15) is 19.4 Å². The minimum absolute atomic E-state index is 0.0266. The van der Waals surface area contributed by atoms with Gasteiger partial charge in [0.25, 0.3) is 6.47 Å². The van der Waals surface area contributed by atoms with Gasteiger partial charge in [-0.05, 0) is 19.4 Å². The Hall–Kier alpha value is -0.220. The van der Waals surface area contributed by atoms with E-state index in [-0.39, 0.29) is 15.5 Å². The lowest BCUT2D eigenvalue weighted by molar-refractivity contribution is -0.169. The molecule has 1 aromatic rings. The average Bonchev–Trinajstić information content (AvgIpc) is 2.83. The van der Waals surface area contributed by atoms with Gasteiger partial charge in [-0.25, -0.2) is 0 Å². The molecule has 4 atom stereocenters. The molecular formula is C16H20BrIO5. The molecule has 1 saturated heterocycles. The van der Waals surface area contributed by atoms with Crippen molar-refractivity contribution >= 4 is 45.0 Å². The molecule has 0 aliphatic carbocycles. The highest BCUT2D eigenvalue weighted by Gasteiger charge is 2.48. The maximum absolute atomic E-state index is 10.9. The van der Waals surface area contributed by atoms with E-state index in [1.54, 1.807) is 0 Å². The van der Waals surface area contributed by atoms with Gasteiger partial charge < -0.3 is 18.9 Å². The first-order chi connectivity index (χ1) is 10.9. The number of hydrogen-bond acceptors (Lipinski definition) is 5. The second-order valence-electron chi connectivity index (χ2n) is 5.67. The Balaban J connectivity index is 1.97. The number of ether oxygens (including phenoxy) is 4. The Kier molecular flexibility index (Phi) is 7.27. The zero-order valence-electron chi connectivity index (χ0n) is 13.0. The van der Waals surface area contributed by atoms with Crippen molar-refractivity contribution in [3.05, 3.63) is 35.9 Å². The normalized spacial score (nSPS) is 25.7. The van der Waals surface area contributed by atoms with Crippen LogP contribution in [0.25, 0.3) is 0 Å². The Morgan fingerprint density at radius 1 is 1.30 bits per heavy atom. The summed E-state index contributed by atoms with van der Waals surface area (Å²) in [4.78, 5) is 10.9. The third kappa shape index (κ3) is 5.67. The molecule has 1 heterocycles. The second kappa shape index (κ2) is 8.75. The summed E-state index contributed by atoms with van der Waals surface area (Å²) >= 11 is 5.73. The smallest absolute Gasteiger partial charge is 0.293 e. The number of hydrogen-bond donors (Lipinski definition) is 0. The van der Waals surface area contributed by atoms with E-state index >= 15 is 0 Å². The standard InChI is InChI=1S/C16H20BrIO5/c1-16(2)22-13(14(23-16)15(17)18)12(21-10-19)9-20-8-11-6-4-3-5-7-11/h3-7,10,12-15H,8-9H2,1-2H3/t12-,13-,14+,15?/m1/s1. The van der Waals surface area contributed by atoms with Gasteiger partial charge in [0.1, 0.15) is 12.2 Å². The Morgan fingerprint density at radius 3 is 2.57 bits per heavy atom. The lowest BCUT2D eigenvalue weighted by Gasteiger charge is -2.25. The topological polar surface area (TPSA) is 54.0 Å². The van der Waals surface area contributed by atoms with E-state index in [0.29, 0.717) is 13.1 Å². The summed E-state index contributed by atoms with van der Waals surface area (Å²) in [6.07, 6.45) is -1.17. The van der Waals surface area contributed by atoms with Crippen LogP contribution in [0.5, 0.6) is 0 Å². The molecule has 1 aliphatic rings. The number of carbonyl (C=O) groups is 1. The van der Waals surface area contributed by atoms with Gasteiger partial charge in [0, 0.05) is 0 Å². The van der Waals surface area contributed by atoms with Crippen molar-refractivity contribution in [1.82, 2.24) is 0 Å². The zero-order valence-corrected chi connectivity index (χ0v) is 16.7. The molecule has 1 fully saturated rings. The predicted octanol–water partition coefficient (Wildman–Crippen LogP) is 3.42. The van der Waals surface area contributed by atoms with Crippen molar-refractivity contribution in [2.24, 2.45) is 0 Å². The zero-order chi connectivity index (χ0) is 16.9. The summed E-state index contributed by atoms with van der Waals surface area (Å²) in [5.74, 6) is -0.726. The van der Waals surface area contributed by atoms with E-state index in [4.69, 9.17) is 18.9 Å². The fourth-order valence-electron chi connectivity index (χ4n) is 2.45. The van der Waals surface area contributed by atoms with Crippen LogP contribution in [-0.4, -0.2) is 40.0 Å². The lowest BCUT2D eigenvalue weighted by atomic mass is 10.1. The largest absolute Gasteiger partial charge is 0.459 e. The van der Waals surface area contributed by atoms with Crippen LogP contribution >= 0.6 is 38.5 Å². The molecule has 5 nitrogen and oxygen atoms in total. The highest BCUT2D eigenvalue weighted by atomic mass is 127. The number of benzene rings is 1. The molecule has 0 aromatic heterocycles. The molecule has 1 aliphatic heterocycles. The second-order valence-corrected chi connectivity index (χ2v) is 9.71. The molecule has 1 aromatic carbocycles. The molecule has 0 N–H and O–H groups in total. The summed E-state index contributed by atoms with van der Waals surface area (Å²) in [5.41, 5.74) is 1.06. The van der Waals surface area contributed by atoms with Crippen LogP contribution in [-0.2, 0) is 30.3 Å². The quantitative estimate of drug-likeness (QED) is 0.312. The van der Waals surface area contributed by atoms with E-state index in [1.165, 1.54) is 0 Å². The SMILES string of the molecule is CC1(C)O[C@H]([C@@H](COCc2ccccc2)OC=O)[C@@H](C(Br)I)O1. The van der Waals surface area contributed by atoms with Gasteiger partial charge in [0.05, 0.1) is 16.0 Å². The van der Waals surface area contributed by atoms with Crippen molar-refractivity contribution in [3.8, 4) is 0 Å². The van der Waals surface area contributed by atoms with E-state index in [0.717, 1.165) is 5.56 Å². The third-order valence-electron chi connectivity index (χ3n) is 3.40. The highest BCUT2D eigenvalue weighted by Crippen LogP contribution is 2.36. The van der Waals surface area contributed by atoms with Crippen molar-refractivity contribution in [1.29, 1.82) is 0 Å². The van der Waals surface area contributed by atoms with Gasteiger partial charge in [0.15, 0.2) is 11.9 Å². The molecule has 0 radical (unpaired) electrons. The van der Waals surface area contributed by atoms with Crippen molar-refractivity contribution in [2.75, 3.05) is 6.61 Å². The van der Waals surface area contributed by atoms with Crippen LogP contribution < -0.4 is 0 Å². The maximum Gasteiger partial charge on any atom is 0.293 e. The lowest BCUT2D eigenvalue weighted by Crippen LogP contribution is -2.42. The van der Waals surface area contributed by atoms with Gasteiger partial charge in [0.2, 0.25) is 0 Å². The third-order valence-corrected chi connectivity index (χ3v) is 4.63. The number of alkyl halides is 2. The van der Waals surface area contributed by atoms with Gasteiger partial charge >= 0.3 is 0 Å². The summed E-state index contributed by atoms with van der Waals surface area (Å²) in [5, 5.41) is 0. The number of rotatable bonds is 8. The van der Waals surface area contributed by atoms with Gasteiger partial charge in [-0.15, -0.1) is 0 Å². The predicted molar refractivity (Wildman–Crippen MR) is 97.6 cm³/mol. The number of carbonyl (C=O) groups excluding carboxylic acids is 1. The molecule has 0 bridgehead atoms. The van der Waals surface area contributed by atoms with Crippen LogP contribution in [0.2, 0.25) is 0 Å². The molecule has 0 saturated carbocycles. The van der Waals surface area contributed by atoms with Crippen molar-refractivity contribution < 1.29 is 23.7 Å². The molecule has 0 amide bonds. The van der Waals surface area contributed by atoms with E-state index in [2.05, 4.69) is 38.5 Å². The monoisotopic (exact) mass is 498 g/mol. The maximum atomic E-state index is 10.9. The highest BCUT2D eigenvalue weighted by molar-refractivity contribution is 14.1. The summed E-state index contributed by atoms with van der Waals surface area (Å²) < 4.78 is 22.7. The Labute approximate surface area is 158 Å². The van der Waals surface area contributed by atoms with Crippen LogP contribution in [0.4, 0.5) is 0 Å². The molecular weight excluding hydrogens is 479 g/mol. The average molecular weight is 499 g/mol. The minimum Gasteiger partial charge on any atom is -0.459 e. The minimum atomic E-state index is -0.726. The van der Waals surface area contributed by atoms with E-state index in [9.17, 15) is 4.79 Å². The Bertz CT molecular complexity index is 497. The fourth-order valence-corrected chi connectivity index (χ4v) is 3.41. The van der Waals surface area contributed by atoms with Crippen LogP contribution in [0.15, 0.2) is 30.3 Å². The van der Waals surface area contributed by atoms with Crippen molar-refractivity contribution in [2.45, 2.75) is 47.4 Å². The van der Waals surface area contributed by atoms with E-state index < -0.39 is 18.0 Å². The summed E-state index contributed by atoms with van der Waals surface area (Å²) in [6.45, 7) is 4.80. The van der Waals surface area contributed by atoms with Gasteiger partial charge in [-0.3, -0.25) is 4.79 Å². The van der Waals surface area contributed by atoms with Gasteiger partial charge in [-0.1, -0.05) is 68.9 Å². The van der Waals surface area contributed by atoms with Crippen molar-refractivity contribution in [3.63, 3.8) is 0 Å². The van der Waals surface area contributed by atoms with Crippen LogP contribution in [0, 0.1) is 0 Å². The van der Waals surface area contributed by atoms with E-state index in [1.807, 2.05) is 44.2 Å². The molecule has 7 heteroatoms. The molecule has 1 unspecified atom stereocenters. The fraction of sp³-hybridized carbons (Fsp3) is 0.562. The first kappa shape index (κ1) is 19.1. The van der Waals surface area contributed by atoms with Gasteiger partial charge in [-0.2, -0.15) is 0 Å². The molecule has 0 spiro atoms. The first-order valence-corrected chi connectivity index (χ1v) is 9.43.